The van der Waals surface area contributed by atoms with Gasteiger partial charge in [-0.2, -0.15) is 23.4 Å². The van der Waals surface area contributed by atoms with Crippen molar-refractivity contribution >= 4 is 27.4 Å². The largest absolute Gasteiger partial charge is 0.416 e. The number of pyridine rings is 1. The molecule has 46 heavy (non-hydrogen) atoms. The van der Waals surface area contributed by atoms with Crippen molar-refractivity contribution in [1.29, 1.82) is 0 Å². The standard InChI is InChI=1S/C33H32F4N6O2S/c1-41-20-28(19-39-41)46(2,45)43(26-4-3-5-26)27-9-6-22-15-30-21(18-40-42(30)25-10-7-24(34)8-11-25)16-32(22,17-27)31(44)29-14-23(12-13-38-29)33(35,36)37/h7-8,10-15,18-20,26-27H,2-6,9,16-17H2,1H3/t27-,32-,46?/m0/s1. The van der Waals surface area contributed by atoms with Crippen LogP contribution in [0.15, 0.2) is 71.7 Å². The van der Waals surface area contributed by atoms with Gasteiger partial charge in [0.2, 0.25) is 0 Å². The van der Waals surface area contributed by atoms with Crippen LogP contribution in [-0.2, 0) is 29.4 Å². The number of carbonyl (C=O) groups is 1. The monoisotopic (exact) mass is 652 g/mol. The fraction of sp³-hybridized carbons (Fsp3) is 0.364. The molecule has 3 heterocycles. The molecule has 0 bridgehead atoms. The van der Waals surface area contributed by atoms with Gasteiger partial charge >= 0.3 is 6.18 Å². The van der Waals surface area contributed by atoms with Crippen LogP contribution in [0.5, 0.6) is 0 Å². The number of carbonyl (C=O) groups excluding carboxylic acids is 1. The molecule has 0 N–H and O–H groups in total. The van der Waals surface area contributed by atoms with Crippen LogP contribution in [0.3, 0.4) is 0 Å². The molecule has 0 spiro atoms. The molecule has 13 heteroatoms. The summed E-state index contributed by atoms with van der Waals surface area (Å²) in [5.74, 6) is 3.30. The van der Waals surface area contributed by atoms with E-state index < -0.39 is 32.6 Å². The molecular weight excluding hydrogens is 620 g/mol. The lowest BCUT2D eigenvalue weighted by atomic mass is 9.60. The van der Waals surface area contributed by atoms with E-state index in [-0.39, 0.29) is 36.4 Å². The van der Waals surface area contributed by atoms with E-state index in [1.165, 1.54) is 12.1 Å². The number of benzene rings is 1. The summed E-state index contributed by atoms with van der Waals surface area (Å²) in [6.45, 7) is 0. The van der Waals surface area contributed by atoms with E-state index in [9.17, 15) is 26.6 Å². The fourth-order valence-corrected chi connectivity index (χ4v) is 9.30. The number of halogens is 4. The number of ketones is 1. The molecule has 8 nitrogen and oxygen atoms in total. The number of hydrogen-bond acceptors (Lipinski definition) is 5. The third-order valence-corrected chi connectivity index (χ3v) is 11.9. The summed E-state index contributed by atoms with van der Waals surface area (Å²) in [7, 11) is -1.27. The van der Waals surface area contributed by atoms with E-state index in [2.05, 4.69) is 21.1 Å². The van der Waals surface area contributed by atoms with Gasteiger partial charge in [-0.15, -0.1) is 0 Å². The van der Waals surface area contributed by atoms with Gasteiger partial charge < -0.3 is 0 Å². The topological polar surface area (TPSA) is 85.9 Å². The van der Waals surface area contributed by atoms with Gasteiger partial charge in [-0.25, -0.2) is 17.6 Å². The number of fused-ring (bicyclic) bond motifs is 2. The molecule has 0 amide bonds. The zero-order valence-electron chi connectivity index (χ0n) is 25.1. The van der Waals surface area contributed by atoms with Crippen molar-refractivity contribution in [2.45, 2.75) is 68.1 Å². The Balaban J connectivity index is 1.34. The van der Waals surface area contributed by atoms with Gasteiger partial charge in [0.25, 0.3) is 0 Å². The van der Waals surface area contributed by atoms with E-state index in [1.807, 2.05) is 10.4 Å². The average Bonchev–Trinajstić information content (AvgIpc) is 3.63. The van der Waals surface area contributed by atoms with Crippen molar-refractivity contribution in [2.24, 2.45) is 12.5 Å². The summed E-state index contributed by atoms with van der Waals surface area (Å²) in [5, 5.41) is 8.77. The summed E-state index contributed by atoms with van der Waals surface area (Å²) in [6.07, 6.45) is 7.20. The van der Waals surface area contributed by atoms with Crippen molar-refractivity contribution in [1.82, 2.24) is 28.9 Å². The highest BCUT2D eigenvalue weighted by atomic mass is 32.2. The van der Waals surface area contributed by atoms with Crippen LogP contribution in [0.2, 0.25) is 0 Å². The molecule has 3 aliphatic rings. The zero-order valence-corrected chi connectivity index (χ0v) is 25.9. The number of hydrogen-bond donors (Lipinski definition) is 0. The number of allylic oxidation sites excluding steroid dienone is 1. The van der Waals surface area contributed by atoms with Gasteiger partial charge in [0.1, 0.15) is 11.5 Å². The first-order chi connectivity index (χ1) is 21.9. The third kappa shape index (κ3) is 5.09. The first-order valence-electron chi connectivity index (χ1n) is 15.1. The van der Waals surface area contributed by atoms with Gasteiger partial charge in [-0.3, -0.25) is 14.5 Å². The quantitative estimate of drug-likeness (QED) is 0.138. The maximum absolute atomic E-state index is 14.6. The average molecular weight is 653 g/mol. The lowest BCUT2D eigenvalue weighted by molar-refractivity contribution is -0.137. The van der Waals surface area contributed by atoms with Gasteiger partial charge in [0, 0.05) is 31.5 Å². The Labute approximate surface area is 263 Å². The molecule has 3 aliphatic carbocycles. The van der Waals surface area contributed by atoms with E-state index >= 15 is 0 Å². The number of rotatable bonds is 7. The smallest absolute Gasteiger partial charge is 0.291 e. The number of aromatic nitrogens is 5. The molecule has 4 aromatic rings. The van der Waals surface area contributed by atoms with Crippen LogP contribution < -0.4 is 0 Å². The zero-order chi connectivity index (χ0) is 32.4. The van der Waals surface area contributed by atoms with Gasteiger partial charge in [0.05, 0.1) is 49.4 Å². The van der Waals surface area contributed by atoms with Crippen LogP contribution >= 0.6 is 0 Å². The van der Waals surface area contributed by atoms with Crippen LogP contribution in [0.25, 0.3) is 11.8 Å². The van der Waals surface area contributed by atoms with E-state index in [4.69, 9.17) is 0 Å². The maximum Gasteiger partial charge on any atom is 0.416 e. The van der Waals surface area contributed by atoms with Crippen LogP contribution in [0.4, 0.5) is 17.6 Å². The summed E-state index contributed by atoms with van der Waals surface area (Å²) < 4.78 is 74.7. The predicted octanol–water partition coefficient (Wildman–Crippen LogP) is 6.07. The lowest BCUT2D eigenvalue weighted by Crippen LogP contribution is -2.55. The third-order valence-electron chi connectivity index (χ3n) is 9.65. The number of Topliss-reactive ketones (excluding diaryl/α,β-unsaturated/α-hetero) is 1. The highest BCUT2D eigenvalue weighted by Gasteiger charge is 2.52. The molecule has 240 valence electrons. The van der Waals surface area contributed by atoms with Crippen LogP contribution in [0, 0.1) is 11.2 Å². The Morgan fingerprint density at radius 3 is 2.50 bits per heavy atom. The molecule has 0 radical (unpaired) electrons. The highest BCUT2D eigenvalue weighted by Crippen LogP contribution is 2.52. The number of aryl methyl sites for hydroxylation is 1. The molecule has 2 fully saturated rings. The second-order valence-corrected chi connectivity index (χ2v) is 14.6. The van der Waals surface area contributed by atoms with Crippen molar-refractivity contribution in [3.05, 3.63) is 95.1 Å². The molecule has 0 saturated heterocycles. The first-order valence-corrected chi connectivity index (χ1v) is 16.8. The second kappa shape index (κ2) is 11.0. The summed E-state index contributed by atoms with van der Waals surface area (Å²) in [4.78, 5) is 19.3. The Morgan fingerprint density at radius 1 is 1.09 bits per heavy atom. The summed E-state index contributed by atoms with van der Waals surface area (Å²) >= 11 is 0. The second-order valence-electron chi connectivity index (χ2n) is 12.5. The normalized spacial score (nSPS) is 22.8. The SMILES string of the molecule is C=S(=O)(c1cnn(C)c1)N(C1CCC1)[C@H]1CCC2=Cc3c(cnn3-c3ccc(F)cc3)C[C@]2(C(=O)c2cc(C(F)(F)F)ccn2)C1. The van der Waals surface area contributed by atoms with E-state index in [0.29, 0.717) is 23.4 Å². The Kier molecular flexibility index (Phi) is 7.31. The number of nitrogens with zero attached hydrogens (tertiary/aromatic N) is 6. The minimum atomic E-state index is -4.65. The highest BCUT2D eigenvalue weighted by molar-refractivity contribution is 7.98. The van der Waals surface area contributed by atoms with Crippen molar-refractivity contribution < 1.29 is 26.6 Å². The summed E-state index contributed by atoms with van der Waals surface area (Å²) in [6, 6.07) is 7.20. The Hall–Kier alpha value is -4.10. The van der Waals surface area contributed by atoms with Crippen LogP contribution in [-0.4, -0.2) is 56.8 Å². The Morgan fingerprint density at radius 2 is 1.85 bits per heavy atom. The molecule has 1 unspecified atom stereocenters. The van der Waals surface area contributed by atoms with Gasteiger partial charge in [-0.1, -0.05) is 12.0 Å². The Bertz CT molecular complexity index is 1960. The van der Waals surface area contributed by atoms with Crippen molar-refractivity contribution in [3.63, 3.8) is 0 Å². The van der Waals surface area contributed by atoms with Crippen molar-refractivity contribution in [3.8, 4) is 5.69 Å². The lowest BCUT2D eigenvalue weighted by Gasteiger charge is -2.50. The van der Waals surface area contributed by atoms with Gasteiger partial charge in [-0.05, 0) is 92.4 Å². The predicted molar refractivity (Wildman–Crippen MR) is 165 cm³/mol. The minimum absolute atomic E-state index is 0.0139. The molecule has 3 aromatic heterocycles. The molecule has 7 rings (SSSR count). The number of alkyl halides is 3. The van der Waals surface area contributed by atoms with Crippen LogP contribution in [0.1, 0.15) is 65.8 Å². The molecule has 2 saturated carbocycles. The van der Waals surface area contributed by atoms with E-state index in [1.54, 1.807) is 47.1 Å². The fourth-order valence-electron chi connectivity index (χ4n) is 7.17. The molecule has 0 aliphatic heterocycles. The van der Waals surface area contributed by atoms with E-state index in [0.717, 1.165) is 54.4 Å². The molecule has 3 atom stereocenters. The van der Waals surface area contributed by atoms with Crippen molar-refractivity contribution in [2.75, 3.05) is 0 Å². The maximum atomic E-state index is 14.6. The first kappa shape index (κ1) is 30.5. The molecular formula is C33H32F4N6O2S. The minimum Gasteiger partial charge on any atom is -0.291 e. The molecule has 1 aromatic carbocycles. The summed E-state index contributed by atoms with van der Waals surface area (Å²) in [5.41, 5.74) is 0.379. The van der Waals surface area contributed by atoms with Gasteiger partial charge in [0.15, 0.2) is 5.78 Å².